The Morgan fingerprint density at radius 1 is 0.905 bits per heavy atom. The number of alkyl carbamates (subject to hydrolysis) is 1. The second-order valence-corrected chi connectivity index (χ2v) is 10.7. The number of phenols is 1. The molecule has 8 nitrogen and oxygen atoms in total. The molecule has 0 fully saturated rings. The molecule has 0 radical (unpaired) electrons. The summed E-state index contributed by atoms with van der Waals surface area (Å²) in [4.78, 5) is 41.6. The smallest absolute Gasteiger partial charge is 0.408 e. The van der Waals surface area contributed by atoms with Crippen molar-refractivity contribution in [1.82, 2.24) is 10.2 Å². The van der Waals surface area contributed by atoms with E-state index in [0.717, 1.165) is 21.2 Å². The van der Waals surface area contributed by atoms with Crippen molar-refractivity contribution in [3.63, 3.8) is 0 Å². The molecule has 4 aromatic carbocycles. The minimum atomic E-state index is -1.42. The van der Waals surface area contributed by atoms with E-state index in [1.807, 2.05) is 60.7 Å². The Morgan fingerprint density at radius 2 is 1.55 bits per heavy atom. The standard InChI is InChI=1S/C34H33N3O5/c1-5-37(32(40)28(21-23-13-7-6-8-14-23)36-33(41)42-34(2,3)4)30(27-17-11-12-18-29(27)38)31(39)35-26-20-19-24-15-9-10-16-25(24)22-26/h1,6-20,22,28,30,38H,21H2,2-4H3,(H,35,39)(H,36,41). The summed E-state index contributed by atoms with van der Waals surface area (Å²) in [6.07, 6.45) is 5.15. The number of carbonyl (C=O) groups is 3. The molecule has 0 saturated carbocycles. The summed E-state index contributed by atoms with van der Waals surface area (Å²) in [6, 6.07) is 28.1. The minimum absolute atomic E-state index is 0.0802. The molecule has 0 aromatic heterocycles. The van der Waals surface area contributed by atoms with E-state index in [4.69, 9.17) is 11.2 Å². The maximum atomic E-state index is 14.1. The summed E-state index contributed by atoms with van der Waals surface area (Å²) in [5.74, 6) is -1.59. The number of rotatable bonds is 8. The van der Waals surface area contributed by atoms with Gasteiger partial charge in [-0.25, -0.2) is 4.79 Å². The average molecular weight is 564 g/mol. The van der Waals surface area contributed by atoms with Crippen LogP contribution in [-0.4, -0.2) is 39.6 Å². The number of ether oxygens (including phenoxy) is 1. The lowest BCUT2D eigenvalue weighted by Gasteiger charge is -2.30. The highest BCUT2D eigenvalue weighted by atomic mass is 16.6. The van der Waals surface area contributed by atoms with Gasteiger partial charge in [0.25, 0.3) is 11.8 Å². The molecule has 4 aromatic rings. The Balaban J connectivity index is 1.70. The van der Waals surface area contributed by atoms with Gasteiger partial charge in [-0.1, -0.05) is 85.3 Å². The van der Waals surface area contributed by atoms with E-state index in [9.17, 15) is 19.5 Å². The number of hydrogen-bond acceptors (Lipinski definition) is 5. The van der Waals surface area contributed by atoms with Crippen LogP contribution in [0.25, 0.3) is 10.8 Å². The Morgan fingerprint density at radius 3 is 2.21 bits per heavy atom. The van der Waals surface area contributed by atoms with Crippen LogP contribution < -0.4 is 10.6 Å². The second-order valence-electron chi connectivity index (χ2n) is 10.7. The first-order chi connectivity index (χ1) is 20.1. The molecule has 0 saturated heterocycles. The summed E-state index contributed by atoms with van der Waals surface area (Å²) in [5, 5.41) is 18.1. The van der Waals surface area contributed by atoms with Crippen molar-refractivity contribution in [2.45, 2.75) is 44.9 Å². The number of terminal acetylenes is 1. The number of phenolic OH excluding ortho intramolecular Hbond substituents is 1. The van der Waals surface area contributed by atoms with Crippen LogP contribution in [-0.2, 0) is 20.7 Å². The highest BCUT2D eigenvalue weighted by Gasteiger charge is 2.37. The molecule has 0 spiro atoms. The van der Waals surface area contributed by atoms with Gasteiger partial charge < -0.3 is 20.5 Å². The van der Waals surface area contributed by atoms with Crippen molar-refractivity contribution in [3.05, 3.63) is 108 Å². The van der Waals surface area contributed by atoms with Gasteiger partial charge in [0.15, 0.2) is 6.04 Å². The SMILES string of the molecule is C#CN(C(=O)C(Cc1ccccc1)NC(=O)OC(C)(C)C)C(C(=O)Nc1ccc2ccccc2c1)c1ccccc1O. The van der Waals surface area contributed by atoms with Gasteiger partial charge in [0, 0.05) is 23.7 Å². The van der Waals surface area contributed by atoms with Crippen molar-refractivity contribution >= 4 is 34.4 Å². The van der Waals surface area contributed by atoms with Crippen molar-refractivity contribution in [3.8, 4) is 18.2 Å². The van der Waals surface area contributed by atoms with Gasteiger partial charge in [0.2, 0.25) is 0 Å². The molecule has 0 aliphatic rings. The van der Waals surface area contributed by atoms with Crippen molar-refractivity contribution in [1.29, 1.82) is 0 Å². The molecule has 42 heavy (non-hydrogen) atoms. The van der Waals surface area contributed by atoms with E-state index in [-0.39, 0.29) is 17.7 Å². The molecule has 2 unspecified atom stereocenters. The van der Waals surface area contributed by atoms with Crippen LogP contribution in [0.15, 0.2) is 97.1 Å². The molecular weight excluding hydrogens is 530 g/mol. The Kier molecular flexibility index (Phi) is 9.13. The van der Waals surface area contributed by atoms with Gasteiger partial charge in [-0.2, -0.15) is 0 Å². The summed E-state index contributed by atoms with van der Waals surface area (Å²) in [5.41, 5.74) is 0.548. The van der Waals surface area contributed by atoms with Crippen molar-refractivity contribution < 1.29 is 24.2 Å². The fourth-order valence-corrected chi connectivity index (χ4v) is 4.53. The van der Waals surface area contributed by atoms with E-state index in [1.54, 1.807) is 45.0 Å². The van der Waals surface area contributed by atoms with Crippen LogP contribution in [0.3, 0.4) is 0 Å². The predicted octanol–water partition coefficient (Wildman–Crippen LogP) is 5.78. The van der Waals surface area contributed by atoms with Crippen molar-refractivity contribution in [2.75, 3.05) is 5.32 Å². The highest BCUT2D eigenvalue weighted by molar-refractivity contribution is 6.01. The van der Waals surface area contributed by atoms with Gasteiger partial charge in [0.05, 0.1) is 0 Å². The number of amides is 3. The number of nitrogens with one attached hydrogen (secondary N) is 2. The largest absolute Gasteiger partial charge is 0.508 e. The first kappa shape index (κ1) is 29.7. The molecule has 3 N–H and O–H groups in total. The van der Waals surface area contributed by atoms with E-state index in [1.165, 1.54) is 12.1 Å². The Bertz CT molecular complexity index is 1620. The third kappa shape index (κ3) is 7.46. The van der Waals surface area contributed by atoms with E-state index in [2.05, 4.69) is 16.7 Å². The molecular formula is C34H33N3O5. The van der Waals surface area contributed by atoms with Crippen LogP contribution in [0.4, 0.5) is 10.5 Å². The van der Waals surface area contributed by atoms with E-state index >= 15 is 0 Å². The van der Waals surface area contributed by atoms with Gasteiger partial charge >= 0.3 is 6.09 Å². The zero-order valence-corrected chi connectivity index (χ0v) is 23.7. The maximum absolute atomic E-state index is 14.1. The molecule has 0 heterocycles. The van der Waals surface area contributed by atoms with E-state index in [0.29, 0.717) is 5.69 Å². The number of para-hydroxylation sites is 1. The second kappa shape index (κ2) is 12.9. The van der Waals surface area contributed by atoms with E-state index < -0.39 is 35.6 Å². The normalized spacial score (nSPS) is 12.4. The zero-order chi connectivity index (χ0) is 30.3. The third-order valence-corrected chi connectivity index (χ3v) is 6.40. The molecule has 0 bridgehead atoms. The van der Waals surface area contributed by atoms with Crippen LogP contribution in [0.1, 0.15) is 37.9 Å². The zero-order valence-electron chi connectivity index (χ0n) is 23.7. The lowest BCUT2D eigenvalue weighted by molar-refractivity contribution is -0.136. The maximum Gasteiger partial charge on any atom is 0.408 e. The predicted molar refractivity (Wildman–Crippen MR) is 162 cm³/mol. The lowest BCUT2D eigenvalue weighted by atomic mass is 10.00. The number of carbonyl (C=O) groups excluding carboxylic acids is 3. The molecule has 8 heteroatoms. The summed E-state index contributed by atoms with van der Waals surface area (Å²) < 4.78 is 5.40. The first-order valence-electron chi connectivity index (χ1n) is 13.5. The van der Waals surface area contributed by atoms with Crippen LogP contribution in [0.5, 0.6) is 5.75 Å². The molecule has 0 aliphatic heterocycles. The molecule has 0 aliphatic carbocycles. The molecule has 4 rings (SSSR count). The molecule has 2 atom stereocenters. The van der Waals surface area contributed by atoms with Crippen LogP contribution >= 0.6 is 0 Å². The molecule has 214 valence electrons. The fraction of sp³-hybridized carbons (Fsp3) is 0.206. The highest BCUT2D eigenvalue weighted by Crippen LogP contribution is 2.31. The lowest BCUT2D eigenvalue weighted by Crippen LogP contribution is -2.51. The number of fused-ring (bicyclic) bond motifs is 1. The number of aromatic hydroxyl groups is 1. The molecule has 3 amide bonds. The van der Waals surface area contributed by atoms with Gasteiger partial charge in [-0.05, 0) is 55.3 Å². The van der Waals surface area contributed by atoms with Gasteiger partial charge in [-0.15, -0.1) is 0 Å². The fourth-order valence-electron chi connectivity index (χ4n) is 4.53. The monoisotopic (exact) mass is 563 g/mol. The summed E-state index contributed by atoms with van der Waals surface area (Å²) in [6.45, 7) is 5.12. The number of anilines is 1. The average Bonchev–Trinajstić information content (AvgIpc) is 2.95. The van der Waals surface area contributed by atoms with Crippen molar-refractivity contribution in [2.24, 2.45) is 0 Å². The van der Waals surface area contributed by atoms with Gasteiger partial charge in [-0.3, -0.25) is 14.5 Å². The first-order valence-corrected chi connectivity index (χ1v) is 13.5. The Hall–Kier alpha value is -5.29. The quantitative estimate of drug-likeness (QED) is 0.186. The number of hydrogen-bond donors (Lipinski definition) is 3. The van der Waals surface area contributed by atoms with Crippen LogP contribution in [0, 0.1) is 12.5 Å². The van der Waals surface area contributed by atoms with Crippen LogP contribution in [0.2, 0.25) is 0 Å². The summed E-state index contributed by atoms with van der Waals surface area (Å²) >= 11 is 0. The Labute approximate surface area is 245 Å². The van der Waals surface area contributed by atoms with Gasteiger partial charge in [0.1, 0.15) is 17.4 Å². The number of nitrogens with zero attached hydrogens (tertiary/aromatic N) is 1. The summed E-state index contributed by atoms with van der Waals surface area (Å²) in [7, 11) is 0. The third-order valence-electron chi connectivity index (χ3n) is 6.40. The minimum Gasteiger partial charge on any atom is -0.508 e. The number of benzene rings is 4. The topological polar surface area (TPSA) is 108 Å².